The van der Waals surface area contributed by atoms with Crippen LogP contribution in [0.2, 0.25) is 0 Å². The van der Waals surface area contributed by atoms with Crippen molar-refractivity contribution in [1.29, 1.82) is 0 Å². The number of hydrogen-bond acceptors (Lipinski definition) is 49. The number of hydrogen-bond donors (Lipinski definition) is 14. The standard InChI is InChI=1S/C74H105N22O39P5S3/c1-9-10-36-37(19-44(125-36)94-30-81-46-58(76)79-29-80-59(46)94)131-136(105,106)120-24-39-38(20-45(126-39)95-31-82-47-60(95)85-70(77)87-64(47)100)132-138(109,141)123-27-42-50(54(117-16-12-113-6)69(130-42)96-32-83-48-61(96)86-71(78)88-65(48)101)133-137(107,108)121-26-41-51(55(118-17-13-114-7)68(128-41)93-23-35(4)63(99)90-74(93)104)134-140(111,143)124-28-43-52(56(119-18-14-115-8)67(129-43)91-21-33(2)57(75)84-72(91)102)135-139(110,142)122-25-40-49(97)53(116-15-11-112-5)66(127-40)92-22-34(3)62(98)89-73(92)103/h21-23,29-32,36-45,49-56,66-69,97H,9-20,24-28H2,1-8H3,(H,105,106)(H,107,108)(H,109,141)(H,110,142)(H,111,143)(H2,75,84,102)(H2,76,79,80)(H,89,98,103)(H,90,99,104)(H3,77,85,87,100)(H3,78,86,88,101)/t36-,37?,38?,39-,40-,41-,42-,43-,44-,45-,49?,50?,51?,52?,53+,54+,55+,56+,66-,67-,68-,69-,138?,139?,140?/m1/s1. The van der Waals surface area contributed by atoms with Crippen LogP contribution in [0.1, 0.15) is 86.7 Å². The van der Waals surface area contributed by atoms with Gasteiger partial charge in [0, 0.05) is 76.6 Å². The number of anilines is 4. The Balaban J connectivity index is 0.709. The Morgan fingerprint density at radius 2 is 0.797 bits per heavy atom. The topological polar surface area (TPSA) is 796 Å². The molecular weight excluding hydrogens is 2070 g/mol. The molecule has 0 saturated carbocycles. The molecule has 69 heteroatoms. The summed E-state index contributed by atoms with van der Waals surface area (Å²) in [6, 6.07) is 0. The molecule has 0 aliphatic carbocycles. The molecule has 15 heterocycles. The van der Waals surface area contributed by atoms with E-state index in [4.69, 9.17) is 170 Å². The van der Waals surface area contributed by atoms with Crippen LogP contribution in [0.15, 0.2) is 77.5 Å². The summed E-state index contributed by atoms with van der Waals surface area (Å²) in [5.41, 5.74) is 18.0. The van der Waals surface area contributed by atoms with Crippen LogP contribution in [0.5, 0.6) is 0 Å². The summed E-state index contributed by atoms with van der Waals surface area (Å²) in [7, 11) is -5.74. The molecule has 61 nitrogen and oxygen atoms in total. The average molecular weight is 2180 g/mol. The van der Waals surface area contributed by atoms with Crippen LogP contribution in [0.3, 0.4) is 0 Å². The van der Waals surface area contributed by atoms with E-state index in [0.717, 1.165) is 30.8 Å². The van der Waals surface area contributed by atoms with Crippen molar-refractivity contribution in [2.75, 3.05) is 137 Å². The maximum Gasteiger partial charge on any atom is 0.472 e. The third-order valence-electron chi connectivity index (χ3n) is 23.3. The number of phosphoric ester groups is 2. The third-order valence-corrected chi connectivity index (χ3v) is 30.0. The zero-order valence-electron chi connectivity index (χ0n) is 77.0. The number of aromatic nitrogens is 18. The average Bonchev–Trinajstić information content (AvgIpc) is 1.61. The van der Waals surface area contributed by atoms with Gasteiger partial charge in [-0.25, -0.2) is 48.4 Å². The molecule has 0 radical (unpaired) electrons. The van der Waals surface area contributed by atoms with Crippen LogP contribution in [0, 0.1) is 20.8 Å². The number of aryl methyl sites for hydroxylation is 3. The number of imidazole rings is 3. The van der Waals surface area contributed by atoms with Crippen LogP contribution in [0.25, 0.3) is 33.5 Å². The Labute approximate surface area is 820 Å². The molecular formula is C74H105N22O39P5S3. The lowest BCUT2D eigenvalue weighted by Crippen LogP contribution is -2.42. The fourth-order valence-corrected chi connectivity index (χ4v) is 22.8. The molecule has 0 amide bonds. The number of phosphoric acid groups is 2. The van der Waals surface area contributed by atoms with Crippen molar-refractivity contribution in [2.45, 2.75) is 188 Å². The third kappa shape index (κ3) is 25.4. The molecule has 6 saturated heterocycles. The fraction of sp³-hybridized carbons (Fsp3) is 0.635. The van der Waals surface area contributed by atoms with Gasteiger partial charge in [-0.2, -0.15) is 15.0 Å². The van der Waals surface area contributed by atoms with Gasteiger partial charge in [0.1, 0.15) is 109 Å². The van der Waals surface area contributed by atoms with E-state index < -0.39 is 256 Å². The highest BCUT2D eigenvalue weighted by Crippen LogP contribution is 2.58. The molecule has 788 valence electrons. The van der Waals surface area contributed by atoms with Gasteiger partial charge in [-0.3, -0.25) is 93.7 Å². The lowest BCUT2D eigenvalue weighted by molar-refractivity contribution is -0.0843. The van der Waals surface area contributed by atoms with Crippen LogP contribution < -0.4 is 62.2 Å². The number of methoxy groups -OCH3 is 4. The minimum absolute atomic E-state index is 0.0145. The molecule has 9 aromatic rings. The minimum Gasteiger partial charge on any atom is -0.387 e. The Kier molecular flexibility index (Phi) is 35.4. The van der Waals surface area contributed by atoms with Gasteiger partial charge in [-0.15, -0.1) is 0 Å². The van der Waals surface area contributed by atoms with Gasteiger partial charge < -0.3 is 137 Å². The van der Waals surface area contributed by atoms with E-state index in [1.54, 1.807) is 4.57 Å². The molecule has 9 aromatic heterocycles. The Morgan fingerprint density at radius 1 is 0.406 bits per heavy atom. The zero-order chi connectivity index (χ0) is 103. The Morgan fingerprint density at radius 3 is 1.30 bits per heavy atom. The number of aliphatic hydroxyl groups is 1. The summed E-state index contributed by atoms with van der Waals surface area (Å²) >= 11 is 17.2. The highest BCUT2D eigenvalue weighted by molar-refractivity contribution is 8.07. The van der Waals surface area contributed by atoms with E-state index in [-0.39, 0.29) is 121 Å². The number of aromatic amines is 4. The van der Waals surface area contributed by atoms with Gasteiger partial charge in [0.15, 0.2) is 58.7 Å². The number of fused-ring (bicyclic) bond motifs is 3. The lowest BCUT2D eigenvalue weighted by Gasteiger charge is -2.30. The first-order chi connectivity index (χ1) is 68.0. The van der Waals surface area contributed by atoms with Crippen LogP contribution >= 0.6 is 35.8 Å². The summed E-state index contributed by atoms with van der Waals surface area (Å²) in [5, 5.41) is 11.8. The number of ether oxygens (including phenoxy) is 14. The van der Waals surface area contributed by atoms with Gasteiger partial charge in [0.2, 0.25) is 11.9 Å². The first kappa shape index (κ1) is 109. The van der Waals surface area contributed by atoms with Crippen molar-refractivity contribution in [3.05, 3.63) is 133 Å². The van der Waals surface area contributed by atoms with Crippen molar-refractivity contribution in [3.63, 3.8) is 0 Å². The number of H-pyrrole nitrogens is 4. The molecule has 6 fully saturated rings. The van der Waals surface area contributed by atoms with Gasteiger partial charge >= 0.3 is 52.9 Å². The summed E-state index contributed by atoms with van der Waals surface area (Å²) in [4.78, 5) is 197. The number of nitrogens with one attached hydrogen (secondary N) is 4. The number of aliphatic hydroxyl groups excluding tert-OH is 1. The van der Waals surface area contributed by atoms with E-state index >= 15 is 4.57 Å². The highest BCUT2D eigenvalue weighted by atomic mass is 32.5. The normalized spacial score (nSPS) is 28.9. The molecule has 15 rings (SSSR count). The molecule has 18 N–H and O–H groups in total. The first-order valence-corrected chi connectivity index (χ1v) is 54.4. The van der Waals surface area contributed by atoms with Gasteiger partial charge in [-0.05, 0) is 62.6 Å². The minimum atomic E-state index is -5.90. The smallest absolute Gasteiger partial charge is 0.387 e. The van der Waals surface area contributed by atoms with Crippen LogP contribution in [-0.2, 0) is 156 Å². The lowest BCUT2D eigenvalue weighted by atomic mass is 10.1. The van der Waals surface area contributed by atoms with Gasteiger partial charge in [0.25, 0.3) is 22.2 Å². The van der Waals surface area contributed by atoms with E-state index in [1.165, 1.54) is 85.2 Å². The fourth-order valence-electron chi connectivity index (χ4n) is 16.6. The van der Waals surface area contributed by atoms with Gasteiger partial charge in [-0.1, -0.05) is 13.3 Å². The molecule has 0 bridgehead atoms. The molecule has 143 heavy (non-hydrogen) atoms. The SMILES string of the molecule is CCC[C@H]1O[C@@H](n2cnc3c(N)ncnc32)CC1OP(=O)(O)OC[C@H]1O[C@@H](n2cnc3c(=O)[nH]c(N)nc32)CC1OP(O)(=S)OC[C@H]1O[C@@H](n2cnc3c(=O)[nH]c(N)nc32)[C@@H](OCCOC)C1OP(=O)(O)OC[C@H]1O[C@@H](n2cc(C)c(=O)[nH]c2=O)[C@@H](OCCOC)C1OP(O)(=S)OC[C@H]1O[C@@H](n2cc(C)c(N)nc2=O)[C@@H](OCCOC)C1OP(O)(=S)OC[C@H]1O[C@@H](n2cc(C)c(=O)[nH]c2=O)[C@@H](OCCOC)C1O. The zero-order valence-corrected chi connectivity index (χ0v) is 83.9. The van der Waals surface area contributed by atoms with Crippen molar-refractivity contribution < 1.29 is 150 Å². The van der Waals surface area contributed by atoms with Crippen molar-refractivity contribution >= 4 is 128 Å². The Bertz CT molecular complexity index is 6740. The second-order valence-electron chi connectivity index (χ2n) is 33.0. The molecule has 6 aliphatic heterocycles. The van der Waals surface area contributed by atoms with E-state index in [2.05, 4.69) is 59.8 Å². The maximum absolute atomic E-state index is 15.4. The number of nitrogens with two attached hydrogens (primary N) is 4. The molecule has 11 unspecified atom stereocenters. The molecule has 0 spiro atoms. The van der Waals surface area contributed by atoms with E-state index in [9.17, 15) is 67.7 Å². The van der Waals surface area contributed by atoms with E-state index in [0.29, 0.717) is 18.5 Å². The number of nitrogen functional groups attached to an aromatic ring is 4. The summed E-state index contributed by atoms with van der Waals surface area (Å²) < 4.78 is 181. The molecule has 0 aromatic carbocycles. The van der Waals surface area contributed by atoms with Crippen LogP contribution in [-0.4, -0.2) is 329 Å². The first-order valence-electron chi connectivity index (χ1n) is 43.7. The number of nitrogens with zero attached hydrogens (tertiary/aromatic N) is 14. The van der Waals surface area contributed by atoms with Crippen molar-refractivity contribution in [3.8, 4) is 0 Å². The predicted molar refractivity (Wildman–Crippen MR) is 498 cm³/mol. The summed E-state index contributed by atoms with van der Waals surface area (Å²) in [6.45, 7) is -15.3. The largest absolute Gasteiger partial charge is 0.472 e. The monoisotopic (exact) mass is 2180 g/mol. The van der Waals surface area contributed by atoms with Gasteiger partial charge in [0.05, 0.1) is 123 Å². The highest BCUT2D eigenvalue weighted by Gasteiger charge is 2.58. The summed E-state index contributed by atoms with van der Waals surface area (Å²) in [5.74, 6) is -0.835. The Hall–Kier alpha value is -8.10. The molecule has 27 atom stereocenters. The second kappa shape index (κ2) is 46.3. The number of rotatable bonds is 49. The quantitative estimate of drug-likeness (QED) is 0.0145. The molecule has 6 aliphatic rings. The van der Waals surface area contributed by atoms with Crippen molar-refractivity contribution in [2.24, 2.45) is 0 Å². The summed E-state index contributed by atoms with van der Waals surface area (Å²) in [6.07, 6.45) is -25.5. The van der Waals surface area contributed by atoms with E-state index in [1.807, 2.05) is 6.92 Å². The second-order valence-corrected chi connectivity index (χ2v) is 44.2. The van der Waals surface area contributed by atoms with Crippen LogP contribution in [0.4, 0.5) is 23.5 Å². The maximum atomic E-state index is 15.4. The van der Waals surface area contributed by atoms with Crippen molar-refractivity contribution in [1.82, 2.24) is 87.2 Å². The predicted octanol–water partition coefficient (Wildman–Crippen LogP) is -1.98.